The molecule has 1 aromatic heterocycles. The van der Waals surface area contributed by atoms with E-state index in [0.29, 0.717) is 22.9 Å². The second kappa shape index (κ2) is 7.98. The molecule has 1 atom stereocenters. The monoisotopic (exact) mass is 418 g/mol. The summed E-state index contributed by atoms with van der Waals surface area (Å²) in [5, 5.41) is 8.99. The molecule has 31 heavy (non-hydrogen) atoms. The van der Waals surface area contributed by atoms with Crippen molar-refractivity contribution in [3.05, 3.63) is 64.5 Å². The van der Waals surface area contributed by atoms with E-state index in [9.17, 15) is 14.4 Å². The maximum absolute atomic E-state index is 12.9. The van der Waals surface area contributed by atoms with Crippen LogP contribution in [0.2, 0.25) is 0 Å². The lowest BCUT2D eigenvalue weighted by Crippen LogP contribution is -2.41. The summed E-state index contributed by atoms with van der Waals surface area (Å²) in [7, 11) is 1.88. The molecule has 0 bridgehead atoms. The molecule has 4 rings (SSSR count). The number of rotatable bonds is 6. The van der Waals surface area contributed by atoms with E-state index in [2.05, 4.69) is 10.4 Å². The zero-order valence-electron chi connectivity index (χ0n) is 18.2. The second-order valence-corrected chi connectivity index (χ2v) is 8.07. The number of carbonyl (C=O) groups is 3. The predicted octanol–water partition coefficient (Wildman–Crippen LogP) is 3.44. The number of hydrogen-bond acceptors (Lipinski definition) is 4. The van der Waals surface area contributed by atoms with E-state index in [0.717, 1.165) is 22.3 Å². The molecule has 7 heteroatoms. The minimum atomic E-state index is -0.301. The maximum Gasteiger partial charge on any atom is 0.261 e. The number of carbonyl (C=O) groups excluding carboxylic acids is 3. The van der Waals surface area contributed by atoms with Crippen molar-refractivity contribution in [2.75, 3.05) is 6.54 Å². The van der Waals surface area contributed by atoms with Gasteiger partial charge in [-0.1, -0.05) is 24.3 Å². The Hall–Kier alpha value is -3.48. The molecule has 3 aromatic rings. The van der Waals surface area contributed by atoms with Crippen molar-refractivity contribution in [1.82, 2.24) is 20.0 Å². The average molecular weight is 418 g/mol. The molecule has 160 valence electrons. The van der Waals surface area contributed by atoms with Crippen LogP contribution in [0.15, 0.2) is 36.4 Å². The third-order valence-electron chi connectivity index (χ3n) is 6.02. The summed E-state index contributed by atoms with van der Waals surface area (Å²) < 4.78 is 1.80. The van der Waals surface area contributed by atoms with E-state index in [1.807, 2.05) is 52.1 Å². The largest absolute Gasteiger partial charge is 0.349 e. The number of amides is 3. The predicted molar refractivity (Wildman–Crippen MR) is 118 cm³/mol. The Balaban J connectivity index is 1.40. The number of nitrogens with zero attached hydrogens (tertiary/aromatic N) is 3. The Labute approximate surface area is 181 Å². The summed E-state index contributed by atoms with van der Waals surface area (Å²) in [5.74, 6) is -0.719. The van der Waals surface area contributed by atoms with Crippen LogP contribution in [0.1, 0.15) is 63.5 Å². The van der Waals surface area contributed by atoms with Crippen LogP contribution < -0.4 is 5.32 Å². The van der Waals surface area contributed by atoms with Crippen LogP contribution in [0.5, 0.6) is 0 Å². The minimum absolute atomic E-state index is 0.116. The van der Waals surface area contributed by atoms with Gasteiger partial charge in [0.2, 0.25) is 5.91 Å². The number of imide groups is 1. The molecule has 1 N–H and O–H groups in total. The summed E-state index contributed by atoms with van der Waals surface area (Å²) in [6, 6.07) is 10.8. The molecule has 0 aliphatic carbocycles. The molecular formula is C24H26N4O3. The smallest absolute Gasteiger partial charge is 0.261 e. The highest BCUT2D eigenvalue weighted by Crippen LogP contribution is 2.30. The highest BCUT2D eigenvalue weighted by atomic mass is 16.2. The summed E-state index contributed by atoms with van der Waals surface area (Å²) in [6.45, 7) is 6.04. The first kappa shape index (κ1) is 20.8. The first-order valence-electron chi connectivity index (χ1n) is 10.5. The third-order valence-corrected chi connectivity index (χ3v) is 6.02. The van der Waals surface area contributed by atoms with Gasteiger partial charge in [-0.3, -0.25) is 24.0 Å². The van der Waals surface area contributed by atoms with E-state index in [1.54, 1.807) is 16.8 Å². The minimum Gasteiger partial charge on any atom is -0.349 e. The molecule has 3 amide bonds. The molecule has 0 fully saturated rings. The van der Waals surface area contributed by atoms with E-state index in [4.69, 9.17) is 0 Å². The van der Waals surface area contributed by atoms with Crippen LogP contribution in [0.3, 0.4) is 0 Å². The molecule has 0 saturated carbocycles. The fraction of sp³-hybridized carbons (Fsp3) is 0.333. The van der Waals surface area contributed by atoms with Crippen LogP contribution >= 0.6 is 0 Å². The molecule has 7 nitrogen and oxygen atoms in total. The van der Waals surface area contributed by atoms with Crippen molar-refractivity contribution in [2.24, 2.45) is 7.05 Å². The lowest BCUT2D eigenvalue weighted by molar-refractivity contribution is -0.121. The molecule has 1 aliphatic heterocycles. The molecule has 0 saturated heterocycles. The van der Waals surface area contributed by atoms with Crippen LogP contribution in [0, 0.1) is 13.8 Å². The zero-order chi connectivity index (χ0) is 22.3. The highest BCUT2D eigenvalue weighted by Gasteiger charge is 2.32. The number of aryl methyl sites for hydroxylation is 2. The molecule has 2 aromatic carbocycles. The Morgan fingerprint density at radius 2 is 1.68 bits per heavy atom. The molecule has 0 radical (unpaired) electrons. The van der Waals surface area contributed by atoms with Gasteiger partial charge < -0.3 is 5.32 Å². The Morgan fingerprint density at radius 3 is 2.23 bits per heavy atom. The molecule has 1 aliphatic rings. The van der Waals surface area contributed by atoms with Crippen LogP contribution in [0.25, 0.3) is 10.8 Å². The maximum atomic E-state index is 12.9. The van der Waals surface area contributed by atoms with E-state index < -0.39 is 0 Å². The average Bonchev–Trinajstić information content (AvgIpc) is 2.99. The van der Waals surface area contributed by atoms with E-state index in [-0.39, 0.29) is 36.7 Å². The normalized spacial score (nSPS) is 14.3. The number of nitrogens with one attached hydrogen (secondary N) is 1. The van der Waals surface area contributed by atoms with Crippen molar-refractivity contribution in [3.63, 3.8) is 0 Å². The fourth-order valence-electron chi connectivity index (χ4n) is 4.48. The van der Waals surface area contributed by atoms with Crippen LogP contribution in [-0.2, 0) is 11.8 Å². The van der Waals surface area contributed by atoms with Gasteiger partial charge in [0.25, 0.3) is 11.8 Å². The highest BCUT2D eigenvalue weighted by molar-refractivity contribution is 6.25. The van der Waals surface area contributed by atoms with Crippen molar-refractivity contribution in [2.45, 2.75) is 39.7 Å². The Morgan fingerprint density at radius 1 is 1.06 bits per heavy atom. The molecule has 2 heterocycles. The van der Waals surface area contributed by atoms with Gasteiger partial charge in [-0.25, -0.2) is 0 Å². The lowest BCUT2D eigenvalue weighted by atomic mass is 9.94. The standard InChI is InChI=1S/C24H26N4O3/c1-14(21-15(2)26-27(4)16(21)3)25-20(29)12-7-13-28-23(30)18-10-5-8-17-9-6-11-19(22(17)18)24(28)31/h5-6,8-11,14H,7,12-13H2,1-4H3,(H,25,29)/t14-/m1/s1. The number of hydrogen-bond donors (Lipinski definition) is 1. The first-order valence-corrected chi connectivity index (χ1v) is 10.5. The Kier molecular flexibility index (Phi) is 5.35. The quantitative estimate of drug-likeness (QED) is 0.622. The van der Waals surface area contributed by atoms with Gasteiger partial charge in [0.15, 0.2) is 0 Å². The van der Waals surface area contributed by atoms with Gasteiger partial charge in [0, 0.05) is 47.8 Å². The van der Waals surface area contributed by atoms with E-state index in [1.165, 1.54) is 4.90 Å². The molecular weight excluding hydrogens is 392 g/mol. The molecule has 0 unspecified atom stereocenters. The lowest BCUT2D eigenvalue weighted by Gasteiger charge is -2.27. The topological polar surface area (TPSA) is 84.3 Å². The van der Waals surface area contributed by atoms with Crippen molar-refractivity contribution < 1.29 is 14.4 Å². The second-order valence-electron chi connectivity index (χ2n) is 8.07. The summed E-state index contributed by atoms with van der Waals surface area (Å²) >= 11 is 0. The van der Waals surface area contributed by atoms with Gasteiger partial charge in [0.1, 0.15) is 0 Å². The van der Waals surface area contributed by atoms with Gasteiger partial charge in [0.05, 0.1) is 11.7 Å². The van der Waals surface area contributed by atoms with Gasteiger partial charge in [-0.15, -0.1) is 0 Å². The third kappa shape index (κ3) is 3.60. The number of aromatic nitrogens is 2. The SMILES string of the molecule is Cc1nn(C)c(C)c1[C@@H](C)NC(=O)CCCN1C(=O)c2cccc3cccc(c23)C1=O. The van der Waals surface area contributed by atoms with Crippen LogP contribution in [0.4, 0.5) is 0 Å². The molecule has 0 spiro atoms. The summed E-state index contributed by atoms with van der Waals surface area (Å²) in [5.41, 5.74) is 4.00. The van der Waals surface area contributed by atoms with Crippen LogP contribution in [-0.4, -0.2) is 38.9 Å². The van der Waals surface area contributed by atoms with Gasteiger partial charge >= 0.3 is 0 Å². The van der Waals surface area contributed by atoms with Crippen molar-refractivity contribution >= 4 is 28.5 Å². The van der Waals surface area contributed by atoms with Gasteiger partial charge in [-0.05, 0) is 44.7 Å². The summed E-state index contributed by atoms with van der Waals surface area (Å²) in [4.78, 5) is 39.6. The van der Waals surface area contributed by atoms with E-state index >= 15 is 0 Å². The fourth-order valence-corrected chi connectivity index (χ4v) is 4.48. The first-order chi connectivity index (χ1) is 14.8. The van der Waals surface area contributed by atoms with Gasteiger partial charge in [-0.2, -0.15) is 5.10 Å². The van der Waals surface area contributed by atoms with Crippen molar-refractivity contribution in [1.29, 1.82) is 0 Å². The zero-order valence-corrected chi connectivity index (χ0v) is 18.2. The Bertz CT molecular complexity index is 1160. The van der Waals surface area contributed by atoms with Crippen molar-refractivity contribution in [3.8, 4) is 0 Å². The summed E-state index contributed by atoms with van der Waals surface area (Å²) in [6.07, 6.45) is 0.630. The number of benzene rings is 2.